The molecule has 136 valence electrons. The van der Waals surface area contributed by atoms with Gasteiger partial charge >= 0.3 is 5.97 Å². The van der Waals surface area contributed by atoms with Crippen LogP contribution in [-0.2, 0) is 9.53 Å². The van der Waals surface area contributed by atoms with Crippen molar-refractivity contribution in [1.82, 2.24) is 0 Å². The molecule has 2 nitrogen and oxygen atoms in total. The number of hydrogen-bond acceptors (Lipinski definition) is 2. The molecule has 0 N–H and O–H groups in total. The van der Waals surface area contributed by atoms with Gasteiger partial charge in [0.15, 0.2) is 0 Å². The second kappa shape index (κ2) is 14.8. The summed E-state index contributed by atoms with van der Waals surface area (Å²) in [6.07, 6.45) is 12.8. The molecule has 0 heterocycles. The lowest BCUT2D eigenvalue weighted by Crippen LogP contribution is -2.12. The molecule has 0 spiro atoms. The van der Waals surface area contributed by atoms with Crippen LogP contribution in [0, 0.1) is 11.8 Å². The van der Waals surface area contributed by atoms with Crippen molar-refractivity contribution in [1.29, 1.82) is 0 Å². The number of carbonyl (C=O) groups excluding carboxylic acids is 1. The molecule has 0 aliphatic heterocycles. The minimum absolute atomic E-state index is 0.176. The standard InChI is InChI=1S/C21H40O2/c1-6-8-10-15-20(13-7-2)17-19(5)21(22)23-16-12-9-11-14-18(3)4/h18,20H,5-17H2,1-4H3. The highest BCUT2D eigenvalue weighted by Gasteiger charge is 2.15. The summed E-state index contributed by atoms with van der Waals surface area (Å²) in [4.78, 5) is 12.0. The number of ether oxygens (including phenoxy) is 1. The average Bonchev–Trinajstić information content (AvgIpc) is 2.50. The van der Waals surface area contributed by atoms with Gasteiger partial charge in [-0.05, 0) is 24.7 Å². The van der Waals surface area contributed by atoms with Gasteiger partial charge < -0.3 is 4.74 Å². The van der Waals surface area contributed by atoms with Crippen LogP contribution in [0.3, 0.4) is 0 Å². The predicted molar refractivity (Wildman–Crippen MR) is 101 cm³/mol. The Hall–Kier alpha value is -0.790. The molecule has 0 aromatic rings. The van der Waals surface area contributed by atoms with Crippen LogP contribution in [0.1, 0.15) is 98.3 Å². The average molecular weight is 325 g/mol. The molecule has 0 aromatic heterocycles. The van der Waals surface area contributed by atoms with E-state index in [1.54, 1.807) is 0 Å². The zero-order chi connectivity index (χ0) is 17.5. The SMILES string of the molecule is C=C(CC(CCC)CCCCC)C(=O)OCCCCCC(C)C. The Morgan fingerprint density at radius 1 is 0.913 bits per heavy atom. The summed E-state index contributed by atoms with van der Waals surface area (Å²) in [6, 6.07) is 0. The third kappa shape index (κ3) is 13.4. The fourth-order valence-electron chi connectivity index (χ4n) is 2.97. The second-order valence-corrected chi connectivity index (χ2v) is 7.34. The highest BCUT2D eigenvalue weighted by molar-refractivity contribution is 5.87. The summed E-state index contributed by atoms with van der Waals surface area (Å²) in [7, 11) is 0. The third-order valence-corrected chi connectivity index (χ3v) is 4.40. The van der Waals surface area contributed by atoms with Gasteiger partial charge in [0.1, 0.15) is 0 Å². The zero-order valence-electron chi connectivity index (χ0n) is 16.2. The molecule has 0 fully saturated rings. The van der Waals surface area contributed by atoms with E-state index in [4.69, 9.17) is 4.74 Å². The van der Waals surface area contributed by atoms with Crippen molar-refractivity contribution in [3.63, 3.8) is 0 Å². The Morgan fingerprint density at radius 3 is 2.22 bits per heavy atom. The van der Waals surface area contributed by atoms with Crippen molar-refractivity contribution in [2.45, 2.75) is 98.3 Å². The van der Waals surface area contributed by atoms with Crippen LogP contribution >= 0.6 is 0 Å². The van der Waals surface area contributed by atoms with Gasteiger partial charge in [-0.25, -0.2) is 4.79 Å². The Kier molecular flexibility index (Phi) is 14.3. The first-order valence-corrected chi connectivity index (χ1v) is 9.86. The van der Waals surface area contributed by atoms with Crippen LogP contribution in [0.2, 0.25) is 0 Å². The van der Waals surface area contributed by atoms with Crippen molar-refractivity contribution in [2.24, 2.45) is 11.8 Å². The van der Waals surface area contributed by atoms with E-state index in [1.807, 2.05) is 0 Å². The summed E-state index contributed by atoms with van der Waals surface area (Å²) < 4.78 is 5.38. The van der Waals surface area contributed by atoms with E-state index < -0.39 is 0 Å². The minimum atomic E-state index is -0.176. The van der Waals surface area contributed by atoms with E-state index in [0.29, 0.717) is 18.1 Å². The lowest BCUT2D eigenvalue weighted by molar-refractivity contribution is -0.139. The fraction of sp³-hybridized carbons (Fsp3) is 0.857. The first-order chi connectivity index (χ1) is 11.0. The quantitative estimate of drug-likeness (QED) is 0.190. The van der Waals surface area contributed by atoms with Gasteiger partial charge in [-0.2, -0.15) is 0 Å². The van der Waals surface area contributed by atoms with Gasteiger partial charge in [-0.3, -0.25) is 0 Å². The van der Waals surface area contributed by atoms with E-state index in [-0.39, 0.29) is 5.97 Å². The van der Waals surface area contributed by atoms with Crippen molar-refractivity contribution in [2.75, 3.05) is 6.61 Å². The molecular weight excluding hydrogens is 284 g/mol. The fourth-order valence-corrected chi connectivity index (χ4v) is 2.97. The van der Waals surface area contributed by atoms with E-state index in [0.717, 1.165) is 25.2 Å². The number of rotatable bonds is 15. The molecule has 0 amide bonds. The smallest absolute Gasteiger partial charge is 0.333 e. The number of unbranched alkanes of at least 4 members (excludes halogenated alkanes) is 4. The summed E-state index contributed by atoms with van der Waals surface area (Å²) in [5.41, 5.74) is 0.669. The van der Waals surface area contributed by atoms with Crippen molar-refractivity contribution in [3.05, 3.63) is 12.2 Å². The summed E-state index contributed by atoms with van der Waals surface area (Å²) >= 11 is 0. The van der Waals surface area contributed by atoms with Crippen LogP contribution in [0.5, 0.6) is 0 Å². The molecule has 0 saturated carbocycles. The lowest BCUT2D eigenvalue weighted by Gasteiger charge is -2.17. The molecular formula is C21H40O2. The lowest BCUT2D eigenvalue weighted by atomic mass is 9.90. The molecule has 0 rings (SSSR count). The first kappa shape index (κ1) is 22.2. The largest absolute Gasteiger partial charge is 0.462 e. The zero-order valence-corrected chi connectivity index (χ0v) is 16.2. The highest BCUT2D eigenvalue weighted by Crippen LogP contribution is 2.23. The van der Waals surface area contributed by atoms with E-state index in [2.05, 4.69) is 34.3 Å². The van der Waals surface area contributed by atoms with Gasteiger partial charge in [-0.1, -0.05) is 92.1 Å². The maximum Gasteiger partial charge on any atom is 0.333 e. The summed E-state index contributed by atoms with van der Waals surface area (Å²) in [6.45, 7) is 13.5. The van der Waals surface area contributed by atoms with Crippen molar-refractivity contribution >= 4 is 5.97 Å². The Balaban J connectivity index is 3.90. The van der Waals surface area contributed by atoms with Crippen LogP contribution in [0.4, 0.5) is 0 Å². The van der Waals surface area contributed by atoms with Gasteiger partial charge in [0.2, 0.25) is 0 Å². The highest BCUT2D eigenvalue weighted by atomic mass is 16.5. The first-order valence-electron chi connectivity index (χ1n) is 9.86. The van der Waals surface area contributed by atoms with Crippen LogP contribution in [0.25, 0.3) is 0 Å². The Labute approximate surface area is 145 Å². The molecule has 0 aromatic carbocycles. The minimum Gasteiger partial charge on any atom is -0.462 e. The molecule has 1 atom stereocenters. The second-order valence-electron chi connectivity index (χ2n) is 7.34. The van der Waals surface area contributed by atoms with E-state index in [9.17, 15) is 4.79 Å². The summed E-state index contributed by atoms with van der Waals surface area (Å²) in [5.74, 6) is 1.18. The maximum absolute atomic E-state index is 12.0. The van der Waals surface area contributed by atoms with E-state index >= 15 is 0 Å². The van der Waals surface area contributed by atoms with Crippen molar-refractivity contribution in [3.8, 4) is 0 Å². The van der Waals surface area contributed by atoms with Gasteiger partial charge in [0, 0.05) is 5.57 Å². The molecule has 0 aliphatic carbocycles. The molecule has 2 heteroatoms. The molecule has 0 bridgehead atoms. The normalized spacial score (nSPS) is 12.4. The number of hydrogen-bond donors (Lipinski definition) is 0. The molecule has 0 aliphatic rings. The van der Waals surface area contributed by atoms with Gasteiger partial charge in [0.05, 0.1) is 6.61 Å². The molecule has 0 saturated heterocycles. The number of esters is 1. The summed E-state index contributed by atoms with van der Waals surface area (Å²) in [5, 5.41) is 0. The van der Waals surface area contributed by atoms with Gasteiger partial charge in [0.25, 0.3) is 0 Å². The topological polar surface area (TPSA) is 26.3 Å². The monoisotopic (exact) mass is 324 g/mol. The molecule has 23 heavy (non-hydrogen) atoms. The Morgan fingerprint density at radius 2 is 1.61 bits per heavy atom. The predicted octanol–water partition coefficient (Wildman–Crippen LogP) is 6.69. The van der Waals surface area contributed by atoms with Crippen LogP contribution < -0.4 is 0 Å². The van der Waals surface area contributed by atoms with Crippen LogP contribution in [-0.4, -0.2) is 12.6 Å². The van der Waals surface area contributed by atoms with Gasteiger partial charge in [-0.15, -0.1) is 0 Å². The molecule has 0 radical (unpaired) electrons. The maximum atomic E-state index is 12.0. The van der Waals surface area contributed by atoms with E-state index in [1.165, 1.54) is 51.4 Å². The molecule has 1 unspecified atom stereocenters. The van der Waals surface area contributed by atoms with Crippen LogP contribution in [0.15, 0.2) is 12.2 Å². The third-order valence-electron chi connectivity index (χ3n) is 4.40. The van der Waals surface area contributed by atoms with Crippen molar-refractivity contribution < 1.29 is 9.53 Å². The Bertz CT molecular complexity index is 307. The number of carbonyl (C=O) groups is 1.